The van der Waals surface area contributed by atoms with Gasteiger partial charge in [-0.1, -0.05) is 6.08 Å². The maximum atomic E-state index is 10.4. The Morgan fingerprint density at radius 2 is 2.00 bits per heavy atom. The van der Waals surface area contributed by atoms with Crippen LogP contribution in [0, 0.1) is 20.2 Å². The summed E-state index contributed by atoms with van der Waals surface area (Å²) in [6.45, 7) is 0. The molecule has 2 atom stereocenters. The fraction of sp³-hybridized carbons (Fsp3) is 0.667. The average Bonchev–Trinajstić information content (AvgIpc) is 2.04. The summed E-state index contributed by atoms with van der Waals surface area (Å²) >= 11 is 3.03. The molecule has 0 saturated heterocycles. The van der Waals surface area contributed by atoms with E-state index in [4.69, 9.17) is 0 Å². The number of nitro groups is 2. The zero-order valence-corrected chi connectivity index (χ0v) is 8.14. The molecule has 0 N–H and O–H groups in total. The van der Waals surface area contributed by atoms with Gasteiger partial charge in [0.25, 0.3) is 6.04 Å². The number of halogens is 1. The zero-order valence-electron chi connectivity index (χ0n) is 6.55. The van der Waals surface area contributed by atoms with Crippen LogP contribution in [0.3, 0.4) is 0 Å². The van der Waals surface area contributed by atoms with Crippen LogP contribution >= 0.6 is 15.9 Å². The van der Waals surface area contributed by atoms with E-state index in [1.807, 2.05) is 0 Å². The Bertz CT molecular complexity index is 278. The van der Waals surface area contributed by atoms with Crippen LogP contribution in [0.1, 0.15) is 12.8 Å². The highest BCUT2D eigenvalue weighted by Crippen LogP contribution is 2.26. The summed E-state index contributed by atoms with van der Waals surface area (Å²) in [5.41, 5.74) is 0. The van der Waals surface area contributed by atoms with E-state index in [1.165, 1.54) is 6.08 Å². The first-order chi connectivity index (χ1) is 6.02. The number of hydrogen-bond acceptors (Lipinski definition) is 4. The predicted molar refractivity (Wildman–Crippen MR) is 47.8 cm³/mol. The van der Waals surface area contributed by atoms with Crippen molar-refractivity contribution < 1.29 is 9.85 Å². The molecule has 0 aromatic rings. The first kappa shape index (κ1) is 10.1. The van der Waals surface area contributed by atoms with Crippen molar-refractivity contribution in [3.8, 4) is 0 Å². The van der Waals surface area contributed by atoms with E-state index in [9.17, 15) is 20.2 Å². The third-order valence-electron chi connectivity index (χ3n) is 1.95. The molecule has 2 unspecified atom stereocenters. The summed E-state index contributed by atoms with van der Waals surface area (Å²) in [7, 11) is 0. The van der Waals surface area contributed by atoms with Crippen molar-refractivity contribution >= 4 is 15.9 Å². The van der Waals surface area contributed by atoms with Crippen LogP contribution in [0.2, 0.25) is 0 Å². The quantitative estimate of drug-likeness (QED) is 0.547. The Kier molecular flexibility index (Phi) is 2.97. The van der Waals surface area contributed by atoms with Crippen LogP contribution in [-0.4, -0.2) is 21.9 Å². The summed E-state index contributed by atoms with van der Waals surface area (Å²) in [4.78, 5) is 19.8. The van der Waals surface area contributed by atoms with Crippen LogP contribution in [0.25, 0.3) is 0 Å². The molecule has 0 radical (unpaired) electrons. The first-order valence-corrected chi connectivity index (χ1v) is 4.44. The summed E-state index contributed by atoms with van der Waals surface area (Å²) in [6.07, 6.45) is 1.74. The third-order valence-corrected chi connectivity index (χ3v) is 2.80. The van der Waals surface area contributed by atoms with Gasteiger partial charge in [0.2, 0.25) is 6.04 Å². The topological polar surface area (TPSA) is 86.3 Å². The van der Waals surface area contributed by atoms with Crippen molar-refractivity contribution in [2.45, 2.75) is 24.9 Å². The Hall–Kier alpha value is -0.980. The van der Waals surface area contributed by atoms with Crippen molar-refractivity contribution in [3.63, 3.8) is 0 Å². The van der Waals surface area contributed by atoms with Crippen molar-refractivity contribution in [2.24, 2.45) is 0 Å². The molecular weight excluding hydrogens is 244 g/mol. The average molecular weight is 251 g/mol. The van der Waals surface area contributed by atoms with Crippen LogP contribution in [0.4, 0.5) is 0 Å². The summed E-state index contributed by atoms with van der Waals surface area (Å²) in [5, 5.41) is 20.8. The fourth-order valence-electron chi connectivity index (χ4n) is 1.21. The SMILES string of the molecule is O=[N+]([O-])C1CC=C(Br)C([N+](=O)[O-])C1. The lowest BCUT2D eigenvalue weighted by Crippen LogP contribution is -2.33. The van der Waals surface area contributed by atoms with Crippen molar-refractivity contribution in [3.05, 3.63) is 30.8 Å². The third kappa shape index (κ3) is 2.24. The summed E-state index contributed by atoms with van der Waals surface area (Å²) < 4.78 is 0.440. The number of nitrogens with zero attached hydrogens (tertiary/aromatic N) is 2. The van der Waals surface area contributed by atoms with Crippen LogP contribution in [0.15, 0.2) is 10.6 Å². The molecule has 72 valence electrons. The minimum atomic E-state index is -0.954. The van der Waals surface area contributed by atoms with Gasteiger partial charge >= 0.3 is 0 Å². The Balaban J connectivity index is 2.77. The van der Waals surface area contributed by atoms with Gasteiger partial charge in [-0.25, -0.2) is 0 Å². The minimum absolute atomic E-state index is 0.0307. The Morgan fingerprint density at radius 1 is 1.38 bits per heavy atom. The van der Waals surface area contributed by atoms with E-state index < -0.39 is 21.9 Å². The molecule has 0 saturated carbocycles. The Labute approximate surface area is 82.0 Å². The van der Waals surface area contributed by atoms with E-state index in [0.29, 0.717) is 4.48 Å². The Morgan fingerprint density at radius 3 is 2.46 bits per heavy atom. The monoisotopic (exact) mass is 250 g/mol. The second kappa shape index (κ2) is 3.82. The van der Waals surface area contributed by atoms with Crippen molar-refractivity contribution in [2.75, 3.05) is 0 Å². The van der Waals surface area contributed by atoms with Crippen molar-refractivity contribution in [1.82, 2.24) is 0 Å². The summed E-state index contributed by atoms with van der Waals surface area (Å²) in [6, 6.07) is -1.78. The van der Waals surface area contributed by atoms with E-state index >= 15 is 0 Å². The molecule has 0 aromatic carbocycles. The molecule has 0 amide bonds. The van der Waals surface area contributed by atoms with Crippen LogP contribution in [0.5, 0.6) is 0 Å². The molecule has 13 heavy (non-hydrogen) atoms. The number of hydrogen-bond donors (Lipinski definition) is 0. The molecule has 0 fully saturated rings. The fourth-order valence-corrected chi connectivity index (χ4v) is 1.75. The van der Waals surface area contributed by atoms with E-state index in [0.717, 1.165) is 0 Å². The highest BCUT2D eigenvalue weighted by molar-refractivity contribution is 9.11. The molecule has 1 aliphatic carbocycles. The molecule has 0 aliphatic heterocycles. The maximum Gasteiger partial charge on any atom is 0.250 e. The van der Waals surface area contributed by atoms with Gasteiger partial charge < -0.3 is 0 Å². The van der Waals surface area contributed by atoms with Crippen molar-refractivity contribution in [1.29, 1.82) is 0 Å². The standard InChI is InChI=1S/C6H7BrN2O4/c7-5-2-1-4(8(10)11)3-6(5)9(12)13/h2,4,6H,1,3H2. The van der Waals surface area contributed by atoms with Gasteiger partial charge in [-0.2, -0.15) is 0 Å². The smallest absolute Gasteiger partial charge is 0.250 e. The largest absolute Gasteiger partial charge is 0.264 e. The van der Waals surface area contributed by atoms with E-state index in [-0.39, 0.29) is 12.8 Å². The number of rotatable bonds is 2. The first-order valence-electron chi connectivity index (χ1n) is 3.65. The van der Waals surface area contributed by atoms with Gasteiger partial charge in [0.1, 0.15) is 0 Å². The van der Waals surface area contributed by atoms with E-state index in [2.05, 4.69) is 15.9 Å². The second-order valence-electron chi connectivity index (χ2n) is 2.80. The molecule has 6 nitrogen and oxygen atoms in total. The molecule has 0 spiro atoms. The van der Waals surface area contributed by atoms with E-state index in [1.54, 1.807) is 0 Å². The minimum Gasteiger partial charge on any atom is -0.264 e. The molecule has 1 rings (SSSR count). The molecule has 7 heteroatoms. The normalized spacial score (nSPS) is 27.9. The van der Waals surface area contributed by atoms with Gasteiger partial charge in [-0.15, -0.1) is 0 Å². The van der Waals surface area contributed by atoms with Gasteiger partial charge in [0.15, 0.2) is 0 Å². The highest BCUT2D eigenvalue weighted by atomic mass is 79.9. The molecule has 0 heterocycles. The van der Waals surface area contributed by atoms with Gasteiger partial charge in [0, 0.05) is 16.3 Å². The van der Waals surface area contributed by atoms with Crippen LogP contribution < -0.4 is 0 Å². The lowest BCUT2D eigenvalue weighted by molar-refractivity contribution is -0.555. The predicted octanol–water partition coefficient (Wildman–Crippen LogP) is 1.35. The van der Waals surface area contributed by atoms with Gasteiger partial charge in [0.05, 0.1) is 10.9 Å². The summed E-state index contributed by atoms with van der Waals surface area (Å²) in [5.74, 6) is 0. The lowest BCUT2D eigenvalue weighted by Gasteiger charge is -2.16. The van der Waals surface area contributed by atoms with Crippen LogP contribution in [-0.2, 0) is 0 Å². The highest BCUT2D eigenvalue weighted by Gasteiger charge is 2.37. The van der Waals surface area contributed by atoms with Gasteiger partial charge in [-0.3, -0.25) is 20.2 Å². The molecular formula is C6H7BrN2O4. The molecule has 0 bridgehead atoms. The zero-order chi connectivity index (χ0) is 10.0. The molecule has 0 aromatic heterocycles. The lowest BCUT2D eigenvalue weighted by atomic mass is 9.99. The van der Waals surface area contributed by atoms with Gasteiger partial charge in [-0.05, 0) is 15.9 Å². The second-order valence-corrected chi connectivity index (χ2v) is 3.72. The maximum absolute atomic E-state index is 10.4. The molecule has 1 aliphatic rings.